The largest absolute Gasteiger partial charge is 0.492 e. The van der Waals surface area contributed by atoms with Crippen molar-refractivity contribution < 1.29 is 38.4 Å². The predicted molar refractivity (Wildman–Crippen MR) is 131 cm³/mol. The van der Waals surface area contributed by atoms with Crippen molar-refractivity contribution in [1.29, 1.82) is 0 Å². The molecule has 2 fully saturated rings. The topological polar surface area (TPSA) is 128 Å². The molecule has 0 spiro atoms. The number of amides is 2. The lowest BCUT2D eigenvalue weighted by molar-refractivity contribution is -0.158. The molecule has 1 aromatic rings. The van der Waals surface area contributed by atoms with Gasteiger partial charge in [0.05, 0.1) is 32.5 Å². The Morgan fingerprint density at radius 2 is 1.94 bits per heavy atom. The lowest BCUT2D eigenvalue weighted by Gasteiger charge is -2.27. The van der Waals surface area contributed by atoms with E-state index in [1.807, 2.05) is 38.1 Å². The van der Waals surface area contributed by atoms with Gasteiger partial charge in [-0.05, 0) is 38.0 Å². The SMILES string of the molecule is CC1(C)OC[C@@H](COC(=O)CCc2ccc(OC[C@H](CO)NCCNC(=O)N3CCOCC3)cc2)O1. The van der Waals surface area contributed by atoms with Gasteiger partial charge < -0.3 is 44.3 Å². The summed E-state index contributed by atoms with van der Waals surface area (Å²) in [5, 5.41) is 15.6. The Morgan fingerprint density at radius 1 is 1.19 bits per heavy atom. The Kier molecular flexibility index (Phi) is 11.2. The van der Waals surface area contributed by atoms with Crippen molar-refractivity contribution in [3.8, 4) is 5.75 Å². The van der Waals surface area contributed by atoms with Crippen LogP contribution in [0.4, 0.5) is 4.79 Å². The number of nitrogens with zero attached hydrogens (tertiary/aromatic N) is 1. The van der Waals surface area contributed by atoms with Gasteiger partial charge in [0.1, 0.15) is 25.1 Å². The van der Waals surface area contributed by atoms with E-state index in [0.717, 1.165) is 5.56 Å². The fourth-order valence-electron chi connectivity index (χ4n) is 3.80. The summed E-state index contributed by atoms with van der Waals surface area (Å²) >= 11 is 0. The van der Waals surface area contributed by atoms with Gasteiger partial charge in [0.2, 0.25) is 0 Å². The Bertz CT molecular complexity index is 814. The number of rotatable bonds is 13. The molecule has 2 atom stereocenters. The number of morpholine rings is 1. The van der Waals surface area contributed by atoms with Crippen LogP contribution in [0.25, 0.3) is 0 Å². The number of hydrogen-bond donors (Lipinski definition) is 3. The first kappa shape index (κ1) is 28.1. The second-order valence-corrected chi connectivity index (χ2v) is 9.25. The zero-order chi connectivity index (χ0) is 25.8. The Labute approximate surface area is 212 Å². The average molecular weight is 510 g/mol. The first-order chi connectivity index (χ1) is 17.3. The van der Waals surface area contributed by atoms with E-state index in [1.54, 1.807) is 4.90 Å². The van der Waals surface area contributed by atoms with Gasteiger partial charge in [-0.15, -0.1) is 0 Å². The minimum Gasteiger partial charge on any atom is -0.492 e. The fraction of sp³-hybridized carbons (Fsp3) is 0.680. The maximum atomic E-state index is 12.1. The summed E-state index contributed by atoms with van der Waals surface area (Å²) in [5.74, 6) is -0.237. The maximum absolute atomic E-state index is 12.1. The first-order valence-electron chi connectivity index (χ1n) is 12.5. The molecule has 0 bridgehead atoms. The van der Waals surface area contributed by atoms with Crippen LogP contribution >= 0.6 is 0 Å². The Morgan fingerprint density at radius 3 is 2.61 bits per heavy atom. The van der Waals surface area contributed by atoms with Gasteiger partial charge in [0.25, 0.3) is 0 Å². The van der Waals surface area contributed by atoms with Crippen LogP contribution in [-0.2, 0) is 30.2 Å². The number of esters is 1. The zero-order valence-corrected chi connectivity index (χ0v) is 21.2. The summed E-state index contributed by atoms with van der Waals surface area (Å²) in [7, 11) is 0. The van der Waals surface area contributed by atoms with E-state index in [0.29, 0.717) is 58.2 Å². The van der Waals surface area contributed by atoms with Gasteiger partial charge in [0.15, 0.2) is 5.79 Å². The highest BCUT2D eigenvalue weighted by Crippen LogP contribution is 2.22. The van der Waals surface area contributed by atoms with E-state index in [-0.39, 0.29) is 50.4 Å². The highest BCUT2D eigenvalue weighted by Gasteiger charge is 2.33. The molecule has 11 heteroatoms. The third-order valence-corrected chi connectivity index (χ3v) is 5.84. The third-order valence-electron chi connectivity index (χ3n) is 5.84. The predicted octanol–water partition coefficient (Wildman–Crippen LogP) is 0.685. The van der Waals surface area contributed by atoms with Crippen LogP contribution in [0.5, 0.6) is 5.75 Å². The summed E-state index contributed by atoms with van der Waals surface area (Å²) in [4.78, 5) is 25.8. The summed E-state index contributed by atoms with van der Waals surface area (Å²) in [6.07, 6.45) is 0.603. The molecule has 1 aromatic carbocycles. The van der Waals surface area contributed by atoms with Crippen molar-refractivity contribution >= 4 is 12.0 Å². The minimum absolute atomic E-state index is 0.0902. The number of carbonyl (C=O) groups is 2. The lowest BCUT2D eigenvalue weighted by Crippen LogP contribution is -2.48. The molecule has 11 nitrogen and oxygen atoms in total. The monoisotopic (exact) mass is 509 g/mol. The number of aryl methyl sites for hydroxylation is 1. The van der Waals surface area contributed by atoms with E-state index in [9.17, 15) is 14.7 Å². The van der Waals surface area contributed by atoms with Gasteiger partial charge in [0, 0.05) is 32.6 Å². The van der Waals surface area contributed by atoms with Crippen LogP contribution in [0, 0.1) is 0 Å². The van der Waals surface area contributed by atoms with Gasteiger partial charge >= 0.3 is 12.0 Å². The smallest absolute Gasteiger partial charge is 0.317 e. The van der Waals surface area contributed by atoms with Crippen molar-refractivity contribution in [1.82, 2.24) is 15.5 Å². The molecular weight excluding hydrogens is 470 g/mol. The van der Waals surface area contributed by atoms with E-state index in [2.05, 4.69) is 10.6 Å². The number of carbonyl (C=O) groups excluding carboxylic acids is 2. The summed E-state index contributed by atoms with van der Waals surface area (Å²) in [6.45, 7) is 7.74. The molecule has 2 heterocycles. The minimum atomic E-state index is -0.630. The molecular formula is C25H39N3O8. The molecule has 2 amide bonds. The summed E-state index contributed by atoms with van der Waals surface area (Å²) in [5.41, 5.74) is 0.994. The number of urea groups is 1. The molecule has 0 saturated carbocycles. The number of ether oxygens (including phenoxy) is 5. The van der Waals surface area contributed by atoms with Gasteiger partial charge in [-0.3, -0.25) is 4.79 Å². The second-order valence-electron chi connectivity index (χ2n) is 9.25. The van der Waals surface area contributed by atoms with Crippen molar-refractivity contribution in [3.05, 3.63) is 29.8 Å². The van der Waals surface area contributed by atoms with Crippen LogP contribution in [-0.4, -0.2) is 106 Å². The fourth-order valence-corrected chi connectivity index (χ4v) is 3.80. The molecule has 202 valence electrons. The van der Waals surface area contributed by atoms with Crippen LogP contribution < -0.4 is 15.4 Å². The molecule has 36 heavy (non-hydrogen) atoms. The highest BCUT2D eigenvalue weighted by molar-refractivity contribution is 5.74. The lowest BCUT2D eigenvalue weighted by atomic mass is 10.1. The third kappa shape index (κ3) is 9.90. The normalized spacial score (nSPS) is 20.1. The van der Waals surface area contributed by atoms with E-state index < -0.39 is 5.79 Å². The molecule has 3 rings (SSSR count). The molecule has 0 aromatic heterocycles. The van der Waals surface area contributed by atoms with Crippen LogP contribution in [0.3, 0.4) is 0 Å². The first-order valence-corrected chi connectivity index (χ1v) is 12.5. The van der Waals surface area contributed by atoms with Crippen molar-refractivity contribution in [2.24, 2.45) is 0 Å². The molecule has 0 radical (unpaired) electrons. The zero-order valence-electron chi connectivity index (χ0n) is 21.2. The van der Waals surface area contributed by atoms with Gasteiger partial charge in [-0.1, -0.05) is 12.1 Å². The molecule has 2 aliphatic rings. The standard InChI is InChI=1S/C25H39N3O8/c1-25(2)35-18-22(36-25)17-34-23(30)8-5-19-3-6-21(7-4-19)33-16-20(15-29)26-9-10-27-24(31)28-11-13-32-14-12-28/h3-4,6-7,20,22,26,29H,5,8-18H2,1-2H3,(H,27,31)/t20-,22+/m0/s1. The van der Waals surface area contributed by atoms with Crippen molar-refractivity contribution in [2.75, 3.05) is 65.8 Å². The number of nitrogens with one attached hydrogen (secondary N) is 2. The van der Waals surface area contributed by atoms with Crippen molar-refractivity contribution in [2.45, 2.75) is 44.6 Å². The number of hydrogen-bond acceptors (Lipinski definition) is 9. The number of aliphatic hydroxyl groups excluding tert-OH is 1. The van der Waals surface area contributed by atoms with E-state index in [4.69, 9.17) is 23.7 Å². The number of benzene rings is 1. The van der Waals surface area contributed by atoms with Crippen molar-refractivity contribution in [3.63, 3.8) is 0 Å². The molecule has 2 aliphatic heterocycles. The Hall–Kier alpha value is -2.44. The highest BCUT2D eigenvalue weighted by atomic mass is 16.7. The second kappa shape index (κ2) is 14.3. The quantitative estimate of drug-likeness (QED) is 0.260. The maximum Gasteiger partial charge on any atom is 0.317 e. The van der Waals surface area contributed by atoms with Crippen LogP contribution in [0.15, 0.2) is 24.3 Å². The van der Waals surface area contributed by atoms with Crippen LogP contribution in [0.2, 0.25) is 0 Å². The van der Waals surface area contributed by atoms with Gasteiger partial charge in [-0.2, -0.15) is 0 Å². The Balaban J connectivity index is 1.27. The van der Waals surface area contributed by atoms with Gasteiger partial charge in [-0.25, -0.2) is 4.79 Å². The molecule has 0 unspecified atom stereocenters. The van der Waals surface area contributed by atoms with E-state index >= 15 is 0 Å². The molecule has 0 aliphatic carbocycles. The molecule has 2 saturated heterocycles. The summed E-state index contributed by atoms with van der Waals surface area (Å²) < 4.78 is 27.4. The molecule has 3 N–H and O–H groups in total. The summed E-state index contributed by atoms with van der Waals surface area (Å²) in [6, 6.07) is 7.11. The van der Waals surface area contributed by atoms with Crippen LogP contribution in [0.1, 0.15) is 25.8 Å². The number of aliphatic hydroxyl groups is 1. The van der Waals surface area contributed by atoms with E-state index in [1.165, 1.54) is 0 Å². The average Bonchev–Trinajstić information content (AvgIpc) is 3.25.